The molecule has 41 heavy (non-hydrogen) atoms. The second-order valence-electron chi connectivity index (χ2n) is 13.1. The first-order chi connectivity index (χ1) is 18.5. The zero-order valence-electron chi connectivity index (χ0n) is 26.3. The third-order valence-corrected chi connectivity index (χ3v) is 12.9. The van der Waals surface area contributed by atoms with Crippen molar-refractivity contribution in [3.8, 4) is 0 Å². The van der Waals surface area contributed by atoms with Gasteiger partial charge in [0.15, 0.2) is 0 Å². The van der Waals surface area contributed by atoms with Gasteiger partial charge in [0, 0.05) is 10.3 Å². The molecule has 0 nitrogen and oxygen atoms in total. The van der Waals surface area contributed by atoms with Crippen molar-refractivity contribution >= 4 is 18.5 Å². The second kappa shape index (κ2) is 23.4. The van der Waals surface area contributed by atoms with Crippen LogP contribution in [0.15, 0.2) is 48.6 Å². The van der Waals surface area contributed by atoms with E-state index in [1.807, 2.05) is 0 Å². The smallest absolute Gasteiger partial charge is 1.00 e. The first-order valence-corrected chi connectivity index (χ1v) is 17.9. The molecule has 4 fully saturated rings. The van der Waals surface area contributed by atoms with E-state index in [2.05, 4.69) is 80.9 Å². The predicted octanol–water partition coefficient (Wildman–Crippen LogP) is 5.79. The average Bonchev–Trinajstić information content (AvgIpc) is 2.99. The molecule has 0 aromatic rings. The molecular formula is C36H62Cl2P2Pd. The summed E-state index contributed by atoms with van der Waals surface area (Å²) in [6, 6.07) is 0. The maximum atomic E-state index is 3.30. The van der Waals surface area contributed by atoms with Crippen LogP contribution in [-0.2, 0) is 20.4 Å². The number of allylic oxidation sites excluding steroid dienone is 8. The molecule has 0 N–H and O–H groups in total. The molecule has 0 heterocycles. The Kier molecular flexibility index (Phi) is 24.0. The summed E-state index contributed by atoms with van der Waals surface area (Å²) in [7, 11) is 6.60. The van der Waals surface area contributed by atoms with Gasteiger partial charge in [0.1, 0.15) is 0 Å². The zero-order chi connectivity index (χ0) is 27.1. The van der Waals surface area contributed by atoms with Gasteiger partial charge in [-0.3, -0.25) is 0 Å². The summed E-state index contributed by atoms with van der Waals surface area (Å²) >= 11 is 0. The summed E-state index contributed by atoms with van der Waals surface area (Å²) in [6.07, 6.45) is 47.3. The van der Waals surface area contributed by atoms with Gasteiger partial charge in [0.25, 0.3) is 0 Å². The van der Waals surface area contributed by atoms with Crippen molar-refractivity contribution in [2.75, 3.05) is 0 Å². The van der Waals surface area contributed by atoms with Crippen LogP contribution in [0.4, 0.5) is 0 Å². The Bertz CT molecular complexity index is 654. The monoisotopic (exact) mass is 732 g/mol. The van der Waals surface area contributed by atoms with Gasteiger partial charge in [-0.1, -0.05) is 126 Å². The summed E-state index contributed by atoms with van der Waals surface area (Å²) in [5.74, 6) is 3.60. The molecular weight excluding hydrogens is 672 g/mol. The van der Waals surface area contributed by atoms with Gasteiger partial charge in [-0.05, 0) is 88.9 Å². The molecule has 0 bridgehead atoms. The summed E-state index contributed by atoms with van der Waals surface area (Å²) in [4.78, 5) is 0. The van der Waals surface area contributed by atoms with Crippen molar-refractivity contribution in [3.63, 3.8) is 0 Å². The standard InChI is InChI=1S/2C18H31P.2ClH.Pd/c2*1-2-3-10-15-18(19,16-11-6-4-7-12-16)17-13-8-5-9-14-17;;;/h2*2-3,10,15-17H,4-9,11-14,19H2,1H3;2*1H;/q;;;;+2/p-2. The van der Waals surface area contributed by atoms with Crippen LogP contribution in [0.2, 0.25) is 0 Å². The fraction of sp³-hybridized carbons (Fsp3) is 0.778. The topological polar surface area (TPSA) is 0 Å². The predicted molar refractivity (Wildman–Crippen MR) is 179 cm³/mol. The van der Waals surface area contributed by atoms with Crippen molar-refractivity contribution < 1.29 is 45.2 Å². The van der Waals surface area contributed by atoms with Crippen LogP contribution in [0.3, 0.4) is 0 Å². The molecule has 0 aliphatic heterocycles. The molecule has 0 saturated heterocycles. The summed E-state index contributed by atoms with van der Waals surface area (Å²) < 4.78 is 0. The summed E-state index contributed by atoms with van der Waals surface area (Å²) in [6.45, 7) is 4.21. The van der Waals surface area contributed by atoms with Crippen LogP contribution in [-0.4, -0.2) is 10.3 Å². The quantitative estimate of drug-likeness (QED) is 0.169. The van der Waals surface area contributed by atoms with E-state index in [-0.39, 0.29) is 45.2 Å². The van der Waals surface area contributed by atoms with Crippen molar-refractivity contribution in [3.05, 3.63) is 48.6 Å². The van der Waals surface area contributed by atoms with Gasteiger partial charge in [-0.25, -0.2) is 0 Å². The van der Waals surface area contributed by atoms with Crippen LogP contribution >= 0.6 is 18.5 Å². The fourth-order valence-corrected chi connectivity index (χ4v) is 9.84. The van der Waals surface area contributed by atoms with Crippen molar-refractivity contribution in [2.24, 2.45) is 23.7 Å². The Hall–Kier alpha value is 1.06. The minimum Gasteiger partial charge on any atom is -1.00 e. The average molecular weight is 734 g/mol. The maximum Gasteiger partial charge on any atom is 2.00 e. The molecule has 5 heteroatoms. The largest absolute Gasteiger partial charge is 2.00 e. The first kappa shape index (κ1) is 42.1. The van der Waals surface area contributed by atoms with Gasteiger partial charge in [-0.15, -0.1) is 18.5 Å². The Morgan fingerprint density at radius 3 is 0.829 bits per heavy atom. The van der Waals surface area contributed by atoms with E-state index in [1.54, 1.807) is 0 Å². The first-order valence-electron chi connectivity index (χ1n) is 16.7. The van der Waals surface area contributed by atoms with Gasteiger partial charge in [0.05, 0.1) is 0 Å². The van der Waals surface area contributed by atoms with E-state index in [4.69, 9.17) is 0 Å². The second-order valence-corrected chi connectivity index (χ2v) is 15.1. The molecule has 0 amide bonds. The Morgan fingerprint density at radius 1 is 0.415 bits per heavy atom. The van der Waals surface area contributed by atoms with Crippen LogP contribution in [0.5, 0.6) is 0 Å². The van der Waals surface area contributed by atoms with E-state index < -0.39 is 0 Å². The molecule has 240 valence electrons. The Labute approximate surface area is 286 Å². The minimum atomic E-state index is 0. The van der Waals surface area contributed by atoms with E-state index in [1.165, 1.54) is 128 Å². The Morgan fingerprint density at radius 2 is 0.634 bits per heavy atom. The SMILES string of the molecule is CC=CC=CC(P)(C1CCCCC1)C1CCCCC1.CC=CC=CC(P)(C1CCCCC1)C1CCCCC1.[Cl-].[Cl-].[Pd+2]. The maximum absolute atomic E-state index is 3.30. The normalized spacial score (nSPS) is 22.7. The van der Waals surface area contributed by atoms with Crippen LogP contribution in [0.1, 0.15) is 142 Å². The molecule has 2 unspecified atom stereocenters. The van der Waals surface area contributed by atoms with Crippen molar-refractivity contribution in [1.29, 1.82) is 0 Å². The molecule has 4 aliphatic carbocycles. The number of halogens is 2. The van der Waals surface area contributed by atoms with Crippen molar-refractivity contribution in [1.82, 2.24) is 0 Å². The molecule has 0 spiro atoms. The number of rotatable bonds is 8. The van der Waals surface area contributed by atoms with Crippen LogP contribution in [0.25, 0.3) is 0 Å². The van der Waals surface area contributed by atoms with E-state index in [0.29, 0.717) is 10.3 Å². The van der Waals surface area contributed by atoms with Gasteiger partial charge < -0.3 is 24.8 Å². The summed E-state index contributed by atoms with van der Waals surface area (Å²) in [5, 5.41) is 0.751. The molecule has 4 saturated carbocycles. The summed E-state index contributed by atoms with van der Waals surface area (Å²) in [5.41, 5.74) is 0. The van der Waals surface area contributed by atoms with E-state index in [9.17, 15) is 0 Å². The molecule has 0 aromatic heterocycles. The van der Waals surface area contributed by atoms with Crippen LogP contribution < -0.4 is 24.8 Å². The van der Waals surface area contributed by atoms with Gasteiger partial charge in [0.2, 0.25) is 0 Å². The molecule has 2 atom stereocenters. The number of hydrogen-bond donors (Lipinski definition) is 0. The fourth-order valence-electron chi connectivity index (χ4n) is 8.29. The van der Waals surface area contributed by atoms with Crippen LogP contribution in [0, 0.1) is 23.7 Å². The third-order valence-electron chi connectivity index (χ3n) is 10.6. The van der Waals surface area contributed by atoms with E-state index >= 15 is 0 Å². The van der Waals surface area contributed by atoms with Gasteiger partial charge >= 0.3 is 20.4 Å². The minimum absolute atomic E-state index is 0. The number of hydrogen-bond acceptors (Lipinski definition) is 0. The molecule has 4 aliphatic rings. The van der Waals surface area contributed by atoms with Gasteiger partial charge in [-0.2, -0.15) is 0 Å². The van der Waals surface area contributed by atoms with E-state index in [0.717, 1.165) is 23.7 Å². The Balaban J connectivity index is 0.000000727. The molecule has 0 radical (unpaired) electrons. The molecule has 4 rings (SSSR count). The van der Waals surface area contributed by atoms with Crippen molar-refractivity contribution in [2.45, 2.75) is 153 Å². The zero-order valence-corrected chi connectivity index (χ0v) is 31.7. The molecule has 0 aromatic carbocycles. The third kappa shape index (κ3) is 13.1.